The largest absolute Gasteiger partial charge is 0.474 e. The summed E-state index contributed by atoms with van der Waals surface area (Å²) in [5.74, 6) is 0.784. The van der Waals surface area contributed by atoms with Gasteiger partial charge in [0.05, 0.1) is 24.5 Å². The van der Waals surface area contributed by atoms with Crippen LogP contribution in [0.2, 0.25) is 0 Å². The second-order valence-corrected chi connectivity index (χ2v) is 8.36. The minimum Gasteiger partial charge on any atom is -0.474 e. The molecule has 0 spiro atoms. The highest BCUT2D eigenvalue weighted by molar-refractivity contribution is 5.80. The van der Waals surface area contributed by atoms with E-state index in [1.54, 1.807) is 12.4 Å². The van der Waals surface area contributed by atoms with Crippen molar-refractivity contribution in [3.05, 3.63) is 55.1 Å². The molecule has 1 aromatic carbocycles. The summed E-state index contributed by atoms with van der Waals surface area (Å²) in [6, 6.07) is 9.93. The zero-order chi connectivity index (χ0) is 23.8. The highest BCUT2D eigenvalue weighted by atomic mass is 16.5. The number of morpholine rings is 1. The van der Waals surface area contributed by atoms with Crippen molar-refractivity contribution in [1.29, 1.82) is 0 Å². The smallest absolute Gasteiger partial charge is 0.248 e. The molecular weight excluding hydrogens is 448 g/mol. The Morgan fingerprint density at radius 3 is 2.94 bits per heavy atom. The first-order valence-electron chi connectivity index (χ1n) is 11.4. The van der Waals surface area contributed by atoms with Crippen LogP contribution in [0.1, 0.15) is 0 Å². The lowest BCUT2D eigenvalue weighted by Crippen LogP contribution is -2.48. The molecule has 0 aliphatic carbocycles. The number of amides is 1. The van der Waals surface area contributed by atoms with Gasteiger partial charge in [-0.1, -0.05) is 0 Å². The number of primary amides is 1. The van der Waals surface area contributed by atoms with Gasteiger partial charge in [-0.05, 0) is 30.3 Å². The van der Waals surface area contributed by atoms with Gasteiger partial charge in [-0.15, -0.1) is 0 Å². The number of nitrogens with two attached hydrogens (primary N) is 1. The molecule has 3 aromatic heterocycles. The third-order valence-electron chi connectivity index (χ3n) is 6.06. The van der Waals surface area contributed by atoms with Gasteiger partial charge in [-0.3, -0.25) is 4.79 Å². The highest BCUT2D eigenvalue weighted by Gasteiger charge is 2.25. The number of carbonyl (C=O) groups excluding carboxylic acids is 1. The lowest BCUT2D eigenvalue weighted by Gasteiger charge is -2.33. The lowest BCUT2D eigenvalue weighted by atomic mass is 10.2. The summed E-state index contributed by atoms with van der Waals surface area (Å²) in [5.41, 5.74) is 10.5. The standard InChI is InChI=1S/C24H24N8O3/c25-21(33)20-14-31(8-10-34-20)17-3-1-16(2-4-17)29-22-23-27-5-7-32(23)13-19(30-22)15-11-18-24(28-12-15)35-9-6-26-18/h1-5,7,11-13,20,26H,6,8-10,14H2,(H2,25,33)(H,29,30). The summed E-state index contributed by atoms with van der Waals surface area (Å²) in [5, 5.41) is 6.70. The van der Waals surface area contributed by atoms with Gasteiger partial charge < -0.3 is 35.1 Å². The maximum absolute atomic E-state index is 11.5. The van der Waals surface area contributed by atoms with Crippen LogP contribution in [0, 0.1) is 0 Å². The molecule has 2 aliphatic heterocycles. The number of nitrogens with one attached hydrogen (secondary N) is 2. The summed E-state index contributed by atoms with van der Waals surface area (Å²) in [4.78, 5) is 27.3. The van der Waals surface area contributed by atoms with E-state index < -0.39 is 12.0 Å². The van der Waals surface area contributed by atoms with Gasteiger partial charge >= 0.3 is 0 Å². The van der Waals surface area contributed by atoms with E-state index in [2.05, 4.69) is 25.5 Å². The predicted molar refractivity (Wildman–Crippen MR) is 131 cm³/mol. The van der Waals surface area contributed by atoms with Crippen molar-refractivity contribution >= 4 is 34.4 Å². The molecule has 4 aromatic rings. The van der Waals surface area contributed by atoms with Crippen LogP contribution in [0.3, 0.4) is 0 Å². The van der Waals surface area contributed by atoms with E-state index in [-0.39, 0.29) is 0 Å². The molecule has 1 fully saturated rings. The molecule has 1 amide bonds. The minimum atomic E-state index is -0.595. The maximum atomic E-state index is 11.5. The monoisotopic (exact) mass is 472 g/mol. The second kappa shape index (κ2) is 8.76. The van der Waals surface area contributed by atoms with Crippen molar-refractivity contribution in [2.75, 3.05) is 48.4 Å². The number of carbonyl (C=O) groups is 1. The van der Waals surface area contributed by atoms with Gasteiger partial charge in [0.2, 0.25) is 11.8 Å². The molecule has 11 nitrogen and oxygen atoms in total. The summed E-state index contributed by atoms with van der Waals surface area (Å²) in [6.07, 6.45) is 6.72. The summed E-state index contributed by atoms with van der Waals surface area (Å²) >= 11 is 0. The van der Waals surface area contributed by atoms with Crippen molar-refractivity contribution in [1.82, 2.24) is 19.4 Å². The third kappa shape index (κ3) is 4.17. The quantitative estimate of drug-likeness (QED) is 0.399. The molecule has 6 rings (SSSR count). The van der Waals surface area contributed by atoms with Crippen LogP contribution >= 0.6 is 0 Å². The Kier molecular flexibility index (Phi) is 5.30. The zero-order valence-corrected chi connectivity index (χ0v) is 18.8. The summed E-state index contributed by atoms with van der Waals surface area (Å²) in [6.45, 7) is 2.94. The molecule has 1 saturated heterocycles. The number of hydrogen-bond donors (Lipinski definition) is 3. The van der Waals surface area contributed by atoms with E-state index in [0.29, 0.717) is 43.6 Å². The number of nitrogens with zero attached hydrogens (tertiary/aromatic N) is 5. The number of rotatable bonds is 5. The Bertz CT molecular complexity index is 1390. The van der Waals surface area contributed by atoms with E-state index in [0.717, 1.165) is 34.9 Å². The van der Waals surface area contributed by atoms with Crippen LogP contribution in [0.25, 0.3) is 16.9 Å². The Labute approximate surface area is 200 Å². The number of hydrogen-bond acceptors (Lipinski definition) is 9. The first-order chi connectivity index (χ1) is 17.1. The van der Waals surface area contributed by atoms with Crippen LogP contribution in [0.5, 0.6) is 5.88 Å². The van der Waals surface area contributed by atoms with Crippen LogP contribution in [0.4, 0.5) is 22.9 Å². The van der Waals surface area contributed by atoms with Crippen LogP contribution in [0.15, 0.2) is 55.1 Å². The molecule has 1 unspecified atom stereocenters. The summed E-state index contributed by atoms with van der Waals surface area (Å²) < 4.78 is 13.0. The topological polar surface area (TPSA) is 132 Å². The maximum Gasteiger partial charge on any atom is 0.248 e. The van der Waals surface area contributed by atoms with Crippen molar-refractivity contribution in [3.8, 4) is 17.1 Å². The summed E-state index contributed by atoms with van der Waals surface area (Å²) in [7, 11) is 0. The fourth-order valence-electron chi connectivity index (χ4n) is 4.27. The van der Waals surface area contributed by atoms with Gasteiger partial charge in [0.15, 0.2) is 17.6 Å². The van der Waals surface area contributed by atoms with Gasteiger partial charge in [0, 0.05) is 54.8 Å². The number of aromatic nitrogens is 4. The lowest BCUT2D eigenvalue weighted by molar-refractivity contribution is -0.130. The number of imidazole rings is 1. The third-order valence-corrected chi connectivity index (χ3v) is 6.06. The Morgan fingerprint density at radius 2 is 2.09 bits per heavy atom. The van der Waals surface area contributed by atoms with Crippen molar-refractivity contribution in [2.24, 2.45) is 5.73 Å². The van der Waals surface area contributed by atoms with E-state index in [4.69, 9.17) is 20.2 Å². The van der Waals surface area contributed by atoms with Gasteiger partial charge in [0.1, 0.15) is 6.61 Å². The average molecular weight is 473 g/mol. The van der Waals surface area contributed by atoms with Gasteiger partial charge in [0.25, 0.3) is 0 Å². The van der Waals surface area contributed by atoms with E-state index >= 15 is 0 Å². The average Bonchev–Trinajstić information content (AvgIpc) is 3.38. The number of benzene rings is 1. The molecule has 2 aliphatic rings. The predicted octanol–water partition coefficient (Wildman–Crippen LogP) is 2.03. The number of fused-ring (bicyclic) bond motifs is 2. The Hall–Kier alpha value is -4.38. The highest BCUT2D eigenvalue weighted by Crippen LogP contribution is 2.31. The van der Waals surface area contributed by atoms with E-state index in [1.165, 1.54) is 0 Å². The number of anilines is 4. The normalized spacial score (nSPS) is 17.4. The van der Waals surface area contributed by atoms with Crippen LogP contribution < -0.4 is 26.0 Å². The van der Waals surface area contributed by atoms with Crippen LogP contribution in [-0.4, -0.2) is 64.2 Å². The van der Waals surface area contributed by atoms with Crippen LogP contribution in [-0.2, 0) is 9.53 Å². The Balaban J connectivity index is 1.27. The molecule has 178 valence electrons. The fraction of sp³-hybridized carbons (Fsp3) is 0.250. The minimum absolute atomic E-state index is 0.440. The molecule has 11 heteroatoms. The Morgan fingerprint density at radius 1 is 1.20 bits per heavy atom. The number of ether oxygens (including phenoxy) is 2. The molecule has 0 bridgehead atoms. The number of pyridine rings is 1. The van der Waals surface area contributed by atoms with Gasteiger partial charge in [-0.2, -0.15) is 0 Å². The van der Waals surface area contributed by atoms with E-state index in [1.807, 2.05) is 47.1 Å². The molecule has 35 heavy (non-hydrogen) atoms. The molecule has 0 radical (unpaired) electrons. The molecule has 0 saturated carbocycles. The van der Waals surface area contributed by atoms with E-state index in [9.17, 15) is 4.79 Å². The van der Waals surface area contributed by atoms with Crippen molar-refractivity contribution < 1.29 is 14.3 Å². The van der Waals surface area contributed by atoms with Gasteiger partial charge in [-0.25, -0.2) is 15.0 Å². The first-order valence-corrected chi connectivity index (χ1v) is 11.4. The molecule has 4 N–H and O–H groups in total. The molecule has 5 heterocycles. The zero-order valence-electron chi connectivity index (χ0n) is 18.8. The molecular formula is C24H24N8O3. The van der Waals surface area contributed by atoms with Crippen molar-refractivity contribution in [2.45, 2.75) is 6.10 Å². The SMILES string of the molecule is NC(=O)C1CN(c2ccc(Nc3nc(-c4cnc5c(c4)NCCO5)cn4ccnc34)cc2)CCO1. The fourth-order valence-corrected chi connectivity index (χ4v) is 4.27. The second-order valence-electron chi connectivity index (χ2n) is 8.36. The molecule has 1 atom stereocenters. The first kappa shape index (κ1) is 21.2. The van der Waals surface area contributed by atoms with Crippen molar-refractivity contribution in [3.63, 3.8) is 0 Å².